The van der Waals surface area contributed by atoms with Crippen molar-refractivity contribution in [3.05, 3.63) is 203 Å². The Labute approximate surface area is 432 Å². The number of rotatable bonds is 7. The topological polar surface area (TPSA) is 43.6 Å². The van der Waals surface area contributed by atoms with E-state index in [2.05, 4.69) is 15.0 Å². The smallest absolute Gasteiger partial charge is 0.309 e. The summed E-state index contributed by atoms with van der Waals surface area (Å²) in [6.07, 6.45) is -32.1. The van der Waals surface area contributed by atoms with Crippen molar-refractivity contribution in [2.24, 2.45) is 0 Å². The summed E-state index contributed by atoms with van der Waals surface area (Å²) in [6, 6.07) is 28.9. The fourth-order valence-electron chi connectivity index (χ4n) is 9.19. The van der Waals surface area contributed by atoms with Gasteiger partial charge in [-0.05, 0) is 106 Å². The molecule has 0 aliphatic heterocycles. The summed E-state index contributed by atoms with van der Waals surface area (Å²) in [4.78, 5) is 13.8. The van der Waals surface area contributed by atoms with Crippen molar-refractivity contribution in [3.63, 3.8) is 0 Å². The molecule has 402 valence electrons. The molecule has 10 aromatic rings. The quantitative estimate of drug-likeness (QED) is 0.149. The molecule has 0 saturated carbocycles. The highest BCUT2D eigenvalue weighted by molar-refractivity contribution is 6.11. The van der Waals surface area contributed by atoms with Gasteiger partial charge in [-0.2, -0.15) is 79.0 Å². The number of hydrogen-bond acceptors (Lipinski definition) is 3. The van der Waals surface area contributed by atoms with Crippen LogP contribution in [0.15, 0.2) is 170 Å². The van der Waals surface area contributed by atoms with Crippen LogP contribution in [0.3, 0.4) is 0 Å². The lowest BCUT2D eigenvalue weighted by Gasteiger charge is -2.19. The van der Waals surface area contributed by atoms with E-state index < -0.39 is 104 Å². The van der Waals surface area contributed by atoms with Gasteiger partial charge in [0.1, 0.15) is 0 Å². The first-order valence-electron chi connectivity index (χ1n) is 22.9. The SMILES string of the molecule is FC(F)(F)c1cc(-c2cc(-n3c4cc(-c5ccc(C(F)(F)F)cc5C(F)(F)F)ccc4c4ccc(-c5ccc(C(F)(F)F)cc5C(F)(F)F)cc43)ccc2-c2nc(-c3ccccc3)nc(-c3ccccc3)n2)cc(C(F)(F)F)c1. The fourth-order valence-corrected chi connectivity index (χ4v) is 9.19. The van der Waals surface area contributed by atoms with E-state index in [1.165, 1.54) is 24.3 Å². The van der Waals surface area contributed by atoms with Gasteiger partial charge in [0.2, 0.25) is 0 Å². The zero-order valence-electron chi connectivity index (χ0n) is 39.3. The Morgan fingerprint density at radius 1 is 0.266 bits per heavy atom. The number of aromatic nitrogens is 4. The van der Waals surface area contributed by atoms with Crippen molar-refractivity contribution in [2.75, 3.05) is 0 Å². The molecule has 0 saturated heterocycles. The molecular weight excluding hydrogens is 1080 g/mol. The largest absolute Gasteiger partial charge is 0.417 e. The number of alkyl halides is 18. The van der Waals surface area contributed by atoms with Gasteiger partial charge in [-0.1, -0.05) is 97.1 Å². The highest BCUT2D eigenvalue weighted by Crippen LogP contribution is 2.47. The molecule has 0 unspecified atom stereocenters. The van der Waals surface area contributed by atoms with Crippen LogP contribution in [0.25, 0.3) is 95.0 Å². The van der Waals surface area contributed by atoms with Crippen LogP contribution in [-0.2, 0) is 37.1 Å². The Kier molecular flexibility index (Phi) is 12.9. The minimum absolute atomic E-state index is 0.00931. The molecule has 79 heavy (non-hydrogen) atoms. The average molecular weight is 1110 g/mol. The van der Waals surface area contributed by atoms with E-state index in [1.54, 1.807) is 60.7 Å². The van der Waals surface area contributed by atoms with Gasteiger partial charge in [-0.15, -0.1) is 0 Å². The van der Waals surface area contributed by atoms with Crippen LogP contribution in [0.5, 0.6) is 0 Å². The molecule has 0 radical (unpaired) electrons. The van der Waals surface area contributed by atoms with Crippen molar-refractivity contribution >= 4 is 21.8 Å². The molecule has 0 N–H and O–H groups in total. The lowest BCUT2D eigenvalue weighted by molar-refractivity contribution is -0.144. The fraction of sp³-hybridized carbons (Fsp3) is 0.105. The Balaban J connectivity index is 1.32. The minimum Gasteiger partial charge on any atom is -0.309 e. The Hall–Kier alpha value is -8.69. The summed E-state index contributed by atoms with van der Waals surface area (Å²) in [5.41, 5.74) is -13.9. The third kappa shape index (κ3) is 10.6. The molecule has 0 spiro atoms. The van der Waals surface area contributed by atoms with Gasteiger partial charge >= 0.3 is 37.1 Å². The third-order valence-corrected chi connectivity index (χ3v) is 12.8. The normalized spacial score (nSPS) is 12.9. The van der Waals surface area contributed by atoms with Crippen molar-refractivity contribution in [1.29, 1.82) is 0 Å². The lowest BCUT2D eigenvalue weighted by atomic mass is 9.94. The van der Waals surface area contributed by atoms with Crippen molar-refractivity contribution in [3.8, 4) is 73.2 Å². The maximum absolute atomic E-state index is 14.7. The van der Waals surface area contributed by atoms with Crippen molar-refractivity contribution in [2.45, 2.75) is 37.1 Å². The molecule has 4 nitrogen and oxygen atoms in total. The highest BCUT2D eigenvalue weighted by atomic mass is 19.4. The van der Waals surface area contributed by atoms with Crippen LogP contribution in [0, 0.1) is 0 Å². The molecular formula is C57H28F18N4. The van der Waals surface area contributed by atoms with Gasteiger partial charge < -0.3 is 4.57 Å². The molecule has 8 aromatic carbocycles. The molecule has 0 fully saturated rings. The maximum atomic E-state index is 14.7. The molecule has 10 rings (SSSR count). The van der Waals surface area contributed by atoms with E-state index in [-0.39, 0.29) is 68.7 Å². The monoisotopic (exact) mass is 1110 g/mol. The number of benzene rings is 8. The van der Waals surface area contributed by atoms with Crippen molar-refractivity contribution in [1.82, 2.24) is 19.5 Å². The standard InChI is InChI=1S/C57H28F18N4/c58-52(59,60)34-13-18-39(45(26-34)56(70,71)72)31-11-16-41-42-17-12-32(40-19-14-35(53(61,62)63)27-46(40)57(73,74)75)24-48(42)79(47(41)23-31)38-15-20-43(44(28-38)33-21-36(54(64,65)66)25-37(22-33)55(67,68)69)51-77-49(29-7-3-1-4-8-29)76-50(78-51)30-9-5-2-6-10-30/h1-28H. The first-order chi connectivity index (χ1) is 36.9. The summed E-state index contributed by atoms with van der Waals surface area (Å²) < 4.78 is 260. The zero-order valence-corrected chi connectivity index (χ0v) is 39.3. The minimum atomic E-state index is -5.41. The second-order valence-electron chi connectivity index (χ2n) is 17.9. The van der Waals surface area contributed by atoms with Crippen LogP contribution in [0.1, 0.15) is 33.4 Å². The van der Waals surface area contributed by atoms with E-state index in [4.69, 9.17) is 0 Å². The predicted octanol–water partition coefficient (Wildman–Crippen LogP) is 19.1. The van der Waals surface area contributed by atoms with E-state index in [0.717, 1.165) is 34.9 Å². The Bertz CT molecular complexity index is 3760. The van der Waals surface area contributed by atoms with Crippen LogP contribution < -0.4 is 0 Å². The number of halogens is 18. The zero-order chi connectivity index (χ0) is 56.8. The molecule has 0 amide bonds. The van der Waals surface area contributed by atoms with Crippen LogP contribution in [-0.4, -0.2) is 19.5 Å². The Morgan fingerprint density at radius 2 is 0.658 bits per heavy atom. The summed E-state index contributed by atoms with van der Waals surface area (Å²) in [5.74, 6) is -0.328. The predicted molar refractivity (Wildman–Crippen MR) is 257 cm³/mol. The second-order valence-corrected chi connectivity index (χ2v) is 17.9. The van der Waals surface area contributed by atoms with Gasteiger partial charge in [0.05, 0.1) is 44.4 Å². The van der Waals surface area contributed by atoms with Gasteiger partial charge in [0, 0.05) is 33.2 Å². The van der Waals surface area contributed by atoms with E-state index in [1.807, 2.05) is 0 Å². The highest BCUT2D eigenvalue weighted by Gasteiger charge is 2.41. The Morgan fingerprint density at radius 3 is 1.05 bits per heavy atom. The van der Waals surface area contributed by atoms with Gasteiger partial charge in [0.15, 0.2) is 17.5 Å². The summed E-state index contributed by atoms with van der Waals surface area (Å²) in [6.45, 7) is 0. The van der Waals surface area contributed by atoms with Crippen molar-refractivity contribution < 1.29 is 79.0 Å². The van der Waals surface area contributed by atoms with Gasteiger partial charge in [0.25, 0.3) is 0 Å². The van der Waals surface area contributed by atoms with Crippen LogP contribution >= 0.6 is 0 Å². The van der Waals surface area contributed by atoms with E-state index >= 15 is 0 Å². The number of nitrogens with zero attached hydrogens (tertiary/aromatic N) is 4. The van der Waals surface area contributed by atoms with Crippen LogP contribution in [0.2, 0.25) is 0 Å². The third-order valence-electron chi connectivity index (χ3n) is 12.8. The maximum Gasteiger partial charge on any atom is 0.417 e. The molecule has 0 aliphatic rings. The molecule has 0 bridgehead atoms. The summed E-state index contributed by atoms with van der Waals surface area (Å²) in [7, 11) is 0. The summed E-state index contributed by atoms with van der Waals surface area (Å²) >= 11 is 0. The molecule has 22 heteroatoms. The van der Waals surface area contributed by atoms with Gasteiger partial charge in [-0.25, -0.2) is 15.0 Å². The van der Waals surface area contributed by atoms with E-state index in [9.17, 15) is 79.0 Å². The molecule has 2 heterocycles. The van der Waals surface area contributed by atoms with E-state index in [0.29, 0.717) is 47.5 Å². The van der Waals surface area contributed by atoms with Gasteiger partial charge in [-0.3, -0.25) is 0 Å². The summed E-state index contributed by atoms with van der Waals surface area (Å²) in [5, 5.41) is 0.159. The van der Waals surface area contributed by atoms with Crippen LogP contribution in [0.4, 0.5) is 79.0 Å². The molecule has 0 atom stereocenters. The first-order valence-corrected chi connectivity index (χ1v) is 22.9. The second kappa shape index (κ2) is 19.0. The number of fused-ring (bicyclic) bond motifs is 3. The average Bonchev–Trinajstić information content (AvgIpc) is 4.01. The molecule has 0 aliphatic carbocycles. The molecule has 2 aromatic heterocycles. The first kappa shape index (κ1) is 53.7. The number of hydrogen-bond donors (Lipinski definition) is 0. The lowest BCUT2D eigenvalue weighted by Crippen LogP contribution is -2.12.